The van der Waals surface area contributed by atoms with E-state index in [1.54, 1.807) is 0 Å². The fraction of sp³-hybridized carbons (Fsp3) is 0.688. The average molecular weight is 257 g/mol. The Morgan fingerprint density at radius 2 is 1.67 bits per heavy atom. The van der Waals surface area contributed by atoms with E-state index >= 15 is 0 Å². The quantitative estimate of drug-likeness (QED) is 0.365. The van der Waals surface area contributed by atoms with Crippen LogP contribution in [0.15, 0.2) is 12.2 Å². The van der Waals surface area contributed by atoms with E-state index in [9.17, 15) is 5.26 Å². The number of rotatable bonds is 0. The molecule has 0 aliphatic heterocycles. The molecular formula is C16H23NSi. The predicted octanol–water partition coefficient (Wildman–Crippen LogP) is 4.00. The molecule has 0 aromatic carbocycles. The second-order valence-corrected chi connectivity index (χ2v) is 12.3. The number of nitriles is 1. The van der Waals surface area contributed by atoms with Crippen molar-refractivity contribution in [3.63, 3.8) is 0 Å². The first kappa shape index (κ1) is 13.4. The van der Waals surface area contributed by atoms with E-state index in [-0.39, 0.29) is 5.92 Å². The summed E-state index contributed by atoms with van der Waals surface area (Å²) in [5.74, 6) is 4.94. The van der Waals surface area contributed by atoms with Crippen molar-refractivity contribution in [1.82, 2.24) is 0 Å². The normalized spacial score (nSPS) is 34.0. The number of allylic oxidation sites excluding steroid dienone is 2. The topological polar surface area (TPSA) is 23.8 Å². The van der Waals surface area contributed by atoms with E-state index in [4.69, 9.17) is 0 Å². The predicted molar refractivity (Wildman–Crippen MR) is 78.3 cm³/mol. The van der Waals surface area contributed by atoms with Crippen molar-refractivity contribution in [3.8, 4) is 17.5 Å². The molecule has 0 aromatic rings. The highest BCUT2D eigenvalue weighted by Crippen LogP contribution is 2.47. The van der Waals surface area contributed by atoms with Crippen molar-refractivity contribution in [3.05, 3.63) is 12.2 Å². The van der Waals surface area contributed by atoms with Gasteiger partial charge in [-0.25, -0.2) is 0 Å². The van der Waals surface area contributed by atoms with Crippen LogP contribution < -0.4 is 0 Å². The van der Waals surface area contributed by atoms with Crippen molar-refractivity contribution < 1.29 is 0 Å². The molecule has 2 bridgehead atoms. The third-order valence-corrected chi connectivity index (χ3v) is 9.55. The maximum absolute atomic E-state index is 9.31. The van der Waals surface area contributed by atoms with Crippen LogP contribution in [0.2, 0.25) is 18.1 Å². The third-order valence-electron chi connectivity index (χ3n) is 5.03. The van der Waals surface area contributed by atoms with Gasteiger partial charge in [-0.05, 0) is 23.3 Å². The van der Waals surface area contributed by atoms with Gasteiger partial charge in [-0.3, -0.25) is 0 Å². The van der Waals surface area contributed by atoms with Crippen LogP contribution in [0.25, 0.3) is 0 Å². The minimum atomic E-state index is -1.54. The Morgan fingerprint density at radius 3 is 2.17 bits per heavy atom. The first-order chi connectivity index (χ1) is 8.26. The monoisotopic (exact) mass is 257 g/mol. The summed E-state index contributed by atoms with van der Waals surface area (Å²) < 4.78 is 0. The minimum absolute atomic E-state index is 0.136. The van der Waals surface area contributed by atoms with Gasteiger partial charge in [0.2, 0.25) is 0 Å². The average Bonchev–Trinajstić information content (AvgIpc) is 2.84. The van der Waals surface area contributed by atoms with Crippen LogP contribution in [0.5, 0.6) is 0 Å². The Bertz CT molecular complexity index is 464. The lowest BCUT2D eigenvalue weighted by atomic mass is 9.85. The van der Waals surface area contributed by atoms with Crippen molar-refractivity contribution >= 4 is 8.07 Å². The molecule has 1 fully saturated rings. The smallest absolute Gasteiger partial charge is 0.137 e. The third kappa shape index (κ3) is 2.15. The fourth-order valence-corrected chi connectivity index (χ4v) is 3.55. The van der Waals surface area contributed by atoms with E-state index in [0.29, 0.717) is 22.8 Å². The maximum atomic E-state index is 9.31. The van der Waals surface area contributed by atoms with Crippen LogP contribution in [0.4, 0.5) is 0 Å². The molecule has 4 atom stereocenters. The van der Waals surface area contributed by atoms with Crippen molar-refractivity contribution in [1.29, 1.82) is 5.26 Å². The lowest BCUT2D eigenvalue weighted by molar-refractivity contribution is 0.472. The van der Waals surface area contributed by atoms with Crippen molar-refractivity contribution in [2.45, 2.75) is 45.3 Å². The molecule has 0 aromatic heterocycles. The number of hydrogen-bond acceptors (Lipinski definition) is 1. The van der Waals surface area contributed by atoms with E-state index in [0.717, 1.165) is 6.42 Å². The molecule has 0 heterocycles. The second-order valence-electron chi connectivity index (χ2n) is 7.27. The van der Waals surface area contributed by atoms with Crippen LogP contribution in [-0.4, -0.2) is 8.07 Å². The molecule has 2 rings (SSSR count). The van der Waals surface area contributed by atoms with Gasteiger partial charge in [0, 0.05) is 5.92 Å². The van der Waals surface area contributed by atoms with Gasteiger partial charge < -0.3 is 0 Å². The SMILES string of the molecule is CC(C)(C)[Si](C)(C)C#C[C@@H]1[C@H](C#N)[C@H]2C=C[C@@H]1C2. The van der Waals surface area contributed by atoms with Gasteiger partial charge in [0.25, 0.3) is 0 Å². The highest BCUT2D eigenvalue weighted by atomic mass is 28.3. The van der Waals surface area contributed by atoms with Gasteiger partial charge in [-0.2, -0.15) is 5.26 Å². The zero-order chi connectivity index (χ0) is 13.6. The molecule has 1 nitrogen and oxygen atoms in total. The van der Waals surface area contributed by atoms with E-state index in [1.807, 2.05) is 0 Å². The van der Waals surface area contributed by atoms with E-state index in [2.05, 4.69) is 63.6 Å². The molecule has 0 unspecified atom stereocenters. The molecule has 0 N–H and O–H groups in total. The second kappa shape index (κ2) is 4.28. The number of hydrogen-bond donors (Lipinski definition) is 0. The van der Waals surface area contributed by atoms with E-state index < -0.39 is 8.07 Å². The number of fused-ring (bicyclic) bond motifs is 2. The summed E-state index contributed by atoms with van der Waals surface area (Å²) in [7, 11) is -1.54. The van der Waals surface area contributed by atoms with Gasteiger partial charge >= 0.3 is 0 Å². The van der Waals surface area contributed by atoms with Gasteiger partial charge in [0.1, 0.15) is 8.07 Å². The van der Waals surface area contributed by atoms with Crippen LogP contribution in [-0.2, 0) is 0 Å². The largest absolute Gasteiger partial charge is 0.198 e. The first-order valence-electron chi connectivity index (χ1n) is 6.87. The molecule has 96 valence electrons. The zero-order valence-electron chi connectivity index (χ0n) is 12.1. The van der Waals surface area contributed by atoms with Crippen LogP contribution >= 0.6 is 0 Å². The van der Waals surface area contributed by atoms with E-state index in [1.165, 1.54) is 0 Å². The summed E-state index contributed by atoms with van der Waals surface area (Å²) in [4.78, 5) is 0. The Morgan fingerprint density at radius 1 is 1.11 bits per heavy atom. The standard InChI is InChI=1S/C16H23NSi/c1-16(2,3)18(4,5)9-8-14-12-6-7-13(10-12)15(14)11-17/h6-7,12-15H,10H2,1-5H3/t12-,13+,14+,15-/m1/s1. The Labute approximate surface area is 112 Å². The molecule has 18 heavy (non-hydrogen) atoms. The lowest BCUT2D eigenvalue weighted by Gasteiger charge is -2.32. The lowest BCUT2D eigenvalue weighted by Crippen LogP contribution is -2.36. The summed E-state index contributed by atoms with van der Waals surface area (Å²) in [5.41, 5.74) is 3.59. The fourth-order valence-electron chi connectivity index (χ4n) is 2.65. The highest BCUT2D eigenvalue weighted by Gasteiger charge is 2.44. The van der Waals surface area contributed by atoms with Gasteiger partial charge in [-0.15, -0.1) is 11.5 Å². The van der Waals surface area contributed by atoms with Crippen LogP contribution in [0.3, 0.4) is 0 Å². The Hall–Kier alpha value is -0.993. The zero-order valence-corrected chi connectivity index (χ0v) is 13.1. The van der Waals surface area contributed by atoms with Crippen LogP contribution in [0, 0.1) is 46.5 Å². The van der Waals surface area contributed by atoms with Crippen molar-refractivity contribution in [2.75, 3.05) is 0 Å². The molecule has 0 amide bonds. The molecule has 0 saturated heterocycles. The number of nitrogens with zero attached hydrogens (tertiary/aromatic N) is 1. The molecule has 2 heteroatoms. The first-order valence-corrected chi connectivity index (χ1v) is 9.87. The van der Waals surface area contributed by atoms with Crippen LogP contribution in [0.1, 0.15) is 27.2 Å². The Kier molecular flexibility index (Phi) is 3.20. The van der Waals surface area contributed by atoms with Gasteiger partial charge in [0.15, 0.2) is 0 Å². The molecule has 1 saturated carbocycles. The summed E-state index contributed by atoms with van der Waals surface area (Å²) in [6, 6.07) is 2.48. The molecule has 2 aliphatic rings. The Balaban J connectivity index is 2.21. The van der Waals surface area contributed by atoms with Crippen molar-refractivity contribution in [2.24, 2.45) is 23.7 Å². The van der Waals surface area contributed by atoms with Gasteiger partial charge in [-0.1, -0.05) is 46.0 Å². The molecular weight excluding hydrogens is 234 g/mol. The molecule has 2 aliphatic carbocycles. The highest BCUT2D eigenvalue weighted by molar-refractivity contribution is 6.87. The molecule has 0 spiro atoms. The summed E-state index contributed by atoms with van der Waals surface area (Å²) in [6.45, 7) is 11.5. The minimum Gasteiger partial charge on any atom is -0.198 e. The van der Waals surface area contributed by atoms with Gasteiger partial charge in [0.05, 0.1) is 12.0 Å². The summed E-state index contributed by atoms with van der Waals surface area (Å²) in [5, 5.41) is 9.61. The summed E-state index contributed by atoms with van der Waals surface area (Å²) >= 11 is 0. The summed E-state index contributed by atoms with van der Waals surface area (Å²) in [6.07, 6.45) is 5.65. The maximum Gasteiger partial charge on any atom is 0.137 e. The molecule has 0 radical (unpaired) electrons.